The minimum atomic E-state index is -0.410. The predicted molar refractivity (Wildman–Crippen MR) is 85.8 cm³/mol. The fourth-order valence-corrected chi connectivity index (χ4v) is 3.02. The summed E-state index contributed by atoms with van der Waals surface area (Å²) in [7, 11) is 0. The van der Waals surface area contributed by atoms with Gasteiger partial charge in [-0.15, -0.1) is 0 Å². The lowest BCUT2D eigenvalue weighted by Gasteiger charge is -2.32. The lowest BCUT2D eigenvalue weighted by molar-refractivity contribution is 0.178. The van der Waals surface area contributed by atoms with E-state index in [1.54, 1.807) is 23.2 Å². The SMILES string of the molecule is O=C(NCc1ccc(Cl)cc1F)N1CCC[C@@H](c2ccn[nH]2)C1. The minimum Gasteiger partial charge on any atom is -0.334 e. The molecule has 2 N–H and O–H groups in total. The van der Waals surface area contributed by atoms with E-state index < -0.39 is 5.82 Å². The number of aromatic nitrogens is 2. The number of hydrogen-bond acceptors (Lipinski definition) is 2. The molecule has 0 radical (unpaired) electrons. The third-order valence-electron chi connectivity index (χ3n) is 4.12. The molecule has 2 amide bonds. The van der Waals surface area contributed by atoms with Crippen molar-refractivity contribution < 1.29 is 9.18 Å². The lowest BCUT2D eigenvalue weighted by Crippen LogP contribution is -2.44. The molecule has 1 aliphatic heterocycles. The molecule has 1 saturated heterocycles. The Bertz CT molecular complexity index is 677. The zero-order valence-corrected chi connectivity index (χ0v) is 13.3. The van der Waals surface area contributed by atoms with Crippen LogP contribution in [0.1, 0.15) is 30.0 Å². The van der Waals surface area contributed by atoms with E-state index in [9.17, 15) is 9.18 Å². The van der Waals surface area contributed by atoms with Crippen LogP contribution in [0.3, 0.4) is 0 Å². The fraction of sp³-hybridized carbons (Fsp3) is 0.375. The highest BCUT2D eigenvalue weighted by atomic mass is 35.5. The monoisotopic (exact) mass is 336 g/mol. The average Bonchev–Trinajstić information content (AvgIpc) is 3.08. The molecule has 5 nitrogen and oxygen atoms in total. The van der Waals surface area contributed by atoms with E-state index in [0.29, 0.717) is 23.7 Å². The summed E-state index contributed by atoms with van der Waals surface area (Å²) in [5.74, 6) is -0.143. The van der Waals surface area contributed by atoms with Crippen molar-refractivity contribution in [2.45, 2.75) is 25.3 Å². The Balaban J connectivity index is 1.57. The number of carbonyl (C=O) groups excluding carboxylic acids is 1. The first-order valence-corrected chi connectivity index (χ1v) is 7.97. The minimum absolute atomic E-state index is 0.146. The van der Waals surface area contributed by atoms with Crippen LogP contribution in [-0.4, -0.2) is 34.2 Å². The number of benzene rings is 1. The number of halogens is 2. The normalized spacial score (nSPS) is 18.0. The second-order valence-corrected chi connectivity index (χ2v) is 6.13. The zero-order valence-electron chi connectivity index (χ0n) is 12.6. The number of aromatic amines is 1. The van der Waals surface area contributed by atoms with Gasteiger partial charge in [-0.2, -0.15) is 5.10 Å². The molecule has 1 aromatic carbocycles. The van der Waals surface area contributed by atoms with Crippen LogP contribution in [0.5, 0.6) is 0 Å². The van der Waals surface area contributed by atoms with Gasteiger partial charge in [0.2, 0.25) is 0 Å². The number of nitrogens with zero attached hydrogens (tertiary/aromatic N) is 2. The Morgan fingerprint density at radius 1 is 1.48 bits per heavy atom. The Kier molecular flexibility index (Phi) is 4.81. The van der Waals surface area contributed by atoms with E-state index in [-0.39, 0.29) is 18.5 Å². The van der Waals surface area contributed by atoms with Gasteiger partial charge >= 0.3 is 6.03 Å². The number of urea groups is 1. The quantitative estimate of drug-likeness (QED) is 0.903. The van der Waals surface area contributed by atoms with Crippen LogP contribution in [0.4, 0.5) is 9.18 Å². The Morgan fingerprint density at radius 3 is 3.09 bits per heavy atom. The van der Waals surface area contributed by atoms with Crippen molar-refractivity contribution in [3.05, 3.63) is 52.6 Å². The highest BCUT2D eigenvalue weighted by Crippen LogP contribution is 2.25. The van der Waals surface area contributed by atoms with Crippen molar-refractivity contribution in [2.75, 3.05) is 13.1 Å². The van der Waals surface area contributed by atoms with Crippen molar-refractivity contribution in [1.29, 1.82) is 0 Å². The number of rotatable bonds is 3. The van der Waals surface area contributed by atoms with Gasteiger partial charge in [0.05, 0.1) is 0 Å². The van der Waals surface area contributed by atoms with Gasteiger partial charge in [0.25, 0.3) is 0 Å². The zero-order chi connectivity index (χ0) is 16.2. The summed E-state index contributed by atoms with van der Waals surface area (Å²) in [5.41, 5.74) is 1.47. The van der Waals surface area contributed by atoms with Gasteiger partial charge in [-0.05, 0) is 31.0 Å². The van der Waals surface area contributed by atoms with Gasteiger partial charge < -0.3 is 10.2 Å². The van der Waals surface area contributed by atoms with Crippen molar-refractivity contribution >= 4 is 17.6 Å². The van der Waals surface area contributed by atoms with Crippen LogP contribution in [0.15, 0.2) is 30.5 Å². The molecular weight excluding hydrogens is 319 g/mol. The number of carbonyl (C=O) groups is 1. The number of H-pyrrole nitrogens is 1. The van der Waals surface area contributed by atoms with Gasteiger partial charge in [-0.1, -0.05) is 17.7 Å². The molecular formula is C16H18ClFN4O. The van der Waals surface area contributed by atoms with Crippen LogP contribution in [-0.2, 0) is 6.54 Å². The first kappa shape index (κ1) is 15.8. The van der Waals surface area contributed by atoms with Crippen molar-refractivity contribution in [3.63, 3.8) is 0 Å². The highest BCUT2D eigenvalue weighted by molar-refractivity contribution is 6.30. The van der Waals surface area contributed by atoms with Gasteiger partial charge in [0.1, 0.15) is 5.82 Å². The first-order valence-electron chi connectivity index (χ1n) is 7.59. The van der Waals surface area contributed by atoms with E-state index in [1.165, 1.54) is 6.07 Å². The average molecular weight is 337 g/mol. The highest BCUT2D eigenvalue weighted by Gasteiger charge is 2.25. The molecule has 1 aliphatic rings. The Hall–Kier alpha value is -2.08. The van der Waals surface area contributed by atoms with Crippen LogP contribution in [0, 0.1) is 5.82 Å². The molecule has 7 heteroatoms. The summed E-state index contributed by atoms with van der Waals surface area (Å²) in [6.45, 7) is 1.49. The molecule has 1 aromatic heterocycles. The largest absolute Gasteiger partial charge is 0.334 e. The van der Waals surface area contributed by atoms with E-state index in [1.807, 2.05) is 6.07 Å². The molecule has 3 rings (SSSR count). The number of amides is 2. The molecule has 0 bridgehead atoms. The van der Waals surface area contributed by atoms with Gasteiger partial charge in [0, 0.05) is 48.0 Å². The maximum atomic E-state index is 13.7. The molecule has 122 valence electrons. The maximum absolute atomic E-state index is 13.7. The maximum Gasteiger partial charge on any atom is 0.317 e. The first-order chi connectivity index (χ1) is 11.1. The van der Waals surface area contributed by atoms with Crippen molar-refractivity contribution in [2.24, 2.45) is 0 Å². The van der Waals surface area contributed by atoms with Crippen LogP contribution >= 0.6 is 11.6 Å². The molecule has 2 heterocycles. The number of hydrogen-bond donors (Lipinski definition) is 2. The second kappa shape index (κ2) is 7.00. The molecule has 0 saturated carbocycles. The Morgan fingerprint density at radius 2 is 2.35 bits per heavy atom. The van der Waals surface area contributed by atoms with E-state index >= 15 is 0 Å². The third kappa shape index (κ3) is 3.82. The lowest BCUT2D eigenvalue weighted by atomic mass is 9.95. The molecule has 0 spiro atoms. The standard InChI is InChI=1S/C16H18ClFN4O/c17-13-4-3-11(14(18)8-13)9-19-16(23)22-7-1-2-12(10-22)15-5-6-20-21-15/h3-6,8,12H,1-2,7,9-10H2,(H,19,23)(H,20,21)/t12-/m1/s1. The van der Waals surface area contributed by atoms with Crippen LogP contribution in [0.25, 0.3) is 0 Å². The Labute approximate surface area is 138 Å². The second-order valence-electron chi connectivity index (χ2n) is 5.69. The smallest absolute Gasteiger partial charge is 0.317 e. The van der Waals surface area contributed by atoms with Crippen molar-refractivity contribution in [1.82, 2.24) is 20.4 Å². The molecule has 0 aliphatic carbocycles. The summed E-state index contributed by atoms with van der Waals surface area (Å²) in [4.78, 5) is 14.1. The predicted octanol–water partition coefficient (Wildman–Crippen LogP) is 3.29. The summed E-state index contributed by atoms with van der Waals surface area (Å²) in [6, 6.07) is 6.21. The van der Waals surface area contributed by atoms with Gasteiger partial charge in [-0.3, -0.25) is 5.10 Å². The van der Waals surface area contributed by atoms with Gasteiger partial charge in [0.15, 0.2) is 0 Å². The van der Waals surface area contributed by atoms with E-state index in [2.05, 4.69) is 15.5 Å². The number of piperidine rings is 1. The number of likely N-dealkylation sites (tertiary alicyclic amines) is 1. The molecule has 2 aromatic rings. The van der Waals surface area contributed by atoms with Gasteiger partial charge in [-0.25, -0.2) is 9.18 Å². The molecule has 23 heavy (non-hydrogen) atoms. The molecule has 1 atom stereocenters. The number of nitrogens with one attached hydrogen (secondary N) is 2. The molecule has 1 fully saturated rings. The topological polar surface area (TPSA) is 61.0 Å². The van der Waals surface area contributed by atoms with Crippen molar-refractivity contribution in [3.8, 4) is 0 Å². The summed E-state index contributed by atoms with van der Waals surface area (Å²) in [5, 5.41) is 10.0. The molecule has 0 unspecified atom stereocenters. The summed E-state index contributed by atoms with van der Waals surface area (Å²) in [6.07, 6.45) is 3.68. The summed E-state index contributed by atoms with van der Waals surface area (Å²) < 4.78 is 13.7. The third-order valence-corrected chi connectivity index (χ3v) is 4.35. The van der Waals surface area contributed by atoms with Crippen LogP contribution in [0.2, 0.25) is 5.02 Å². The summed E-state index contributed by atoms with van der Waals surface area (Å²) >= 11 is 5.72. The fourth-order valence-electron chi connectivity index (χ4n) is 2.86. The van der Waals surface area contributed by atoms with E-state index in [0.717, 1.165) is 18.5 Å². The van der Waals surface area contributed by atoms with E-state index in [4.69, 9.17) is 11.6 Å². The van der Waals surface area contributed by atoms with Crippen LogP contribution < -0.4 is 5.32 Å².